The number of aromatic nitrogens is 4. The van der Waals surface area contributed by atoms with Gasteiger partial charge in [-0.25, -0.2) is 14.8 Å². The summed E-state index contributed by atoms with van der Waals surface area (Å²) in [5.74, 6) is -2.11. The Hall–Kier alpha value is -2.73. The summed E-state index contributed by atoms with van der Waals surface area (Å²) in [6, 6.07) is 4.43. The Kier molecular flexibility index (Phi) is 7.90. The minimum atomic E-state index is -5.08. The van der Waals surface area contributed by atoms with Crippen LogP contribution in [-0.4, -0.2) is 73.8 Å². The van der Waals surface area contributed by atoms with Gasteiger partial charge in [-0.3, -0.25) is 9.58 Å². The average Bonchev–Trinajstić information content (AvgIpc) is 3.04. The van der Waals surface area contributed by atoms with Crippen LogP contribution in [0.25, 0.3) is 0 Å². The number of nitrogens with zero attached hydrogens (tertiary/aromatic N) is 5. The number of alkyl halides is 3. The Morgan fingerprint density at radius 2 is 2.00 bits per heavy atom. The molecule has 182 valence electrons. The highest BCUT2D eigenvalue weighted by atomic mass is 19.4. The van der Waals surface area contributed by atoms with Gasteiger partial charge < -0.3 is 14.6 Å². The first-order chi connectivity index (χ1) is 15.6. The number of hydrogen-bond donors (Lipinski definition) is 1. The third-order valence-corrected chi connectivity index (χ3v) is 5.64. The topological polar surface area (TPSA) is 103 Å². The molecule has 0 aromatic carbocycles. The number of carboxylic acids is 1. The van der Waals surface area contributed by atoms with E-state index < -0.39 is 12.1 Å². The zero-order chi connectivity index (χ0) is 24.1. The fourth-order valence-corrected chi connectivity index (χ4v) is 4.19. The van der Waals surface area contributed by atoms with Gasteiger partial charge in [0.25, 0.3) is 0 Å². The van der Waals surface area contributed by atoms with E-state index in [0.29, 0.717) is 18.5 Å². The minimum absolute atomic E-state index is 0.0415. The first-order valence-electron chi connectivity index (χ1n) is 10.6. The van der Waals surface area contributed by atoms with Crippen LogP contribution in [0.15, 0.2) is 24.5 Å². The van der Waals surface area contributed by atoms with Crippen molar-refractivity contribution < 1.29 is 32.5 Å². The van der Waals surface area contributed by atoms with E-state index in [0.717, 1.165) is 51.2 Å². The van der Waals surface area contributed by atoms with Crippen LogP contribution in [0.1, 0.15) is 30.7 Å². The SMILES string of the molecule is Cc1cc(CN2CC3(CC(CCOc4ncccn4)CCO3)C2)n(C)n1.O=C(O)C(F)(F)F. The van der Waals surface area contributed by atoms with E-state index in [1.807, 2.05) is 18.7 Å². The van der Waals surface area contributed by atoms with Crippen LogP contribution in [0, 0.1) is 12.8 Å². The van der Waals surface area contributed by atoms with Crippen LogP contribution in [0.4, 0.5) is 13.2 Å². The summed E-state index contributed by atoms with van der Waals surface area (Å²) in [7, 11) is 2.02. The van der Waals surface area contributed by atoms with E-state index in [2.05, 4.69) is 26.0 Å². The molecule has 2 saturated heterocycles. The molecule has 2 aliphatic heterocycles. The molecule has 1 atom stereocenters. The molecule has 2 fully saturated rings. The fraction of sp³-hybridized carbons (Fsp3) is 0.619. The highest BCUT2D eigenvalue weighted by Crippen LogP contribution is 2.38. The second-order valence-corrected chi connectivity index (χ2v) is 8.41. The standard InChI is InChI=1S/C19H27N5O2.C2HF3O2/c1-15-10-17(23(2)22-15)12-24-13-19(14-24)11-16(5-9-26-19)4-8-25-18-20-6-3-7-21-18;3-2(4,5)1(6)7/h3,6-7,10,16H,4-5,8-9,11-14H2,1-2H3;(H,6,7). The Morgan fingerprint density at radius 3 is 2.58 bits per heavy atom. The second kappa shape index (κ2) is 10.5. The van der Waals surface area contributed by atoms with Gasteiger partial charge in [0.05, 0.1) is 23.6 Å². The summed E-state index contributed by atoms with van der Waals surface area (Å²) in [4.78, 5) is 19.6. The molecule has 0 saturated carbocycles. The fourth-order valence-electron chi connectivity index (χ4n) is 4.19. The molecule has 0 bridgehead atoms. The van der Waals surface area contributed by atoms with Gasteiger partial charge in [0, 0.05) is 45.7 Å². The number of aryl methyl sites for hydroxylation is 2. The van der Waals surface area contributed by atoms with Gasteiger partial charge in [0.1, 0.15) is 0 Å². The van der Waals surface area contributed by atoms with Crippen LogP contribution in [-0.2, 0) is 23.1 Å². The number of hydrogen-bond acceptors (Lipinski definition) is 7. The summed E-state index contributed by atoms with van der Waals surface area (Å²) >= 11 is 0. The molecule has 1 N–H and O–H groups in total. The van der Waals surface area contributed by atoms with Gasteiger partial charge in [0.15, 0.2) is 0 Å². The van der Waals surface area contributed by atoms with Gasteiger partial charge >= 0.3 is 18.2 Å². The lowest BCUT2D eigenvalue weighted by Gasteiger charge is -2.53. The first-order valence-corrected chi connectivity index (χ1v) is 10.6. The molecule has 0 amide bonds. The molecule has 2 aromatic rings. The van der Waals surface area contributed by atoms with Crippen molar-refractivity contribution in [3.63, 3.8) is 0 Å². The monoisotopic (exact) mass is 471 g/mol. The van der Waals surface area contributed by atoms with Gasteiger partial charge in [-0.1, -0.05) is 0 Å². The van der Waals surface area contributed by atoms with Crippen LogP contribution >= 0.6 is 0 Å². The summed E-state index contributed by atoms with van der Waals surface area (Å²) in [5.41, 5.74) is 2.38. The quantitative estimate of drug-likeness (QED) is 0.686. The lowest BCUT2D eigenvalue weighted by molar-refractivity contribution is -0.192. The Balaban J connectivity index is 0.000000383. The van der Waals surface area contributed by atoms with Crippen molar-refractivity contribution in [2.24, 2.45) is 13.0 Å². The maximum absolute atomic E-state index is 10.6. The van der Waals surface area contributed by atoms with Crippen LogP contribution in [0.2, 0.25) is 0 Å². The van der Waals surface area contributed by atoms with Gasteiger partial charge in [-0.05, 0) is 44.2 Å². The maximum atomic E-state index is 10.6. The molecule has 1 spiro atoms. The van der Waals surface area contributed by atoms with E-state index >= 15 is 0 Å². The number of likely N-dealkylation sites (tertiary alicyclic amines) is 1. The molecule has 1 unspecified atom stereocenters. The predicted octanol–water partition coefficient (Wildman–Crippen LogP) is 2.60. The van der Waals surface area contributed by atoms with Crippen LogP contribution in [0.3, 0.4) is 0 Å². The number of carbonyl (C=O) groups is 1. The van der Waals surface area contributed by atoms with Crippen molar-refractivity contribution >= 4 is 5.97 Å². The smallest absolute Gasteiger partial charge is 0.475 e. The van der Waals surface area contributed by atoms with Crippen molar-refractivity contribution in [2.75, 3.05) is 26.3 Å². The molecule has 0 radical (unpaired) electrons. The van der Waals surface area contributed by atoms with E-state index in [9.17, 15) is 13.2 Å². The summed E-state index contributed by atoms with van der Waals surface area (Å²) in [5, 5.41) is 11.6. The average molecular weight is 471 g/mol. The second-order valence-electron chi connectivity index (χ2n) is 8.41. The molecule has 4 heterocycles. The van der Waals surface area contributed by atoms with E-state index in [-0.39, 0.29) is 5.60 Å². The van der Waals surface area contributed by atoms with Crippen molar-refractivity contribution in [3.8, 4) is 6.01 Å². The largest absolute Gasteiger partial charge is 0.490 e. The third kappa shape index (κ3) is 7.13. The summed E-state index contributed by atoms with van der Waals surface area (Å²) < 4.78 is 45.5. The Morgan fingerprint density at radius 1 is 1.33 bits per heavy atom. The van der Waals surface area contributed by atoms with E-state index in [4.69, 9.17) is 19.4 Å². The lowest BCUT2D eigenvalue weighted by atomic mass is 9.79. The number of rotatable bonds is 6. The van der Waals surface area contributed by atoms with Crippen LogP contribution < -0.4 is 4.74 Å². The van der Waals surface area contributed by atoms with Crippen molar-refractivity contribution in [1.82, 2.24) is 24.6 Å². The number of carboxylic acid groups (broad SMARTS) is 1. The van der Waals surface area contributed by atoms with Gasteiger partial charge in [-0.2, -0.15) is 18.3 Å². The maximum Gasteiger partial charge on any atom is 0.490 e. The summed E-state index contributed by atoms with van der Waals surface area (Å²) in [6.45, 7) is 6.53. The third-order valence-electron chi connectivity index (χ3n) is 5.64. The molecular formula is C21H28F3N5O4. The van der Waals surface area contributed by atoms with Crippen molar-refractivity contribution in [3.05, 3.63) is 35.9 Å². The normalized spacial score (nSPS) is 20.0. The molecular weight excluding hydrogens is 443 g/mol. The molecule has 12 heteroatoms. The zero-order valence-corrected chi connectivity index (χ0v) is 18.6. The number of aliphatic carboxylic acids is 1. The molecule has 2 aliphatic rings. The first kappa shape index (κ1) is 24.9. The zero-order valence-electron chi connectivity index (χ0n) is 18.6. The molecule has 2 aromatic heterocycles. The molecule has 33 heavy (non-hydrogen) atoms. The molecule has 0 aliphatic carbocycles. The minimum Gasteiger partial charge on any atom is -0.475 e. The molecule has 4 rings (SSSR count). The Labute approximate surface area is 189 Å². The highest BCUT2D eigenvalue weighted by Gasteiger charge is 2.47. The number of halogens is 3. The lowest BCUT2D eigenvalue weighted by Crippen LogP contribution is -2.64. The van der Waals surface area contributed by atoms with E-state index in [1.165, 1.54) is 5.69 Å². The summed E-state index contributed by atoms with van der Waals surface area (Å²) in [6.07, 6.45) is 1.59. The van der Waals surface area contributed by atoms with Gasteiger partial charge in [0.2, 0.25) is 0 Å². The number of ether oxygens (including phenoxy) is 2. The Bertz CT molecular complexity index is 916. The van der Waals surface area contributed by atoms with Gasteiger partial charge in [-0.15, -0.1) is 0 Å². The highest BCUT2D eigenvalue weighted by molar-refractivity contribution is 5.73. The van der Waals surface area contributed by atoms with Crippen LogP contribution in [0.5, 0.6) is 6.01 Å². The van der Waals surface area contributed by atoms with Crippen molar-refractivity contribution in [2.45, 2.75) is 44.5 Å². The predicted molar refractivity (Wildman–Crippen MR) is 110 cm³/mol. The molecule has 9 nitrogen and oxygen atoms in total. The van der Waals surface area contributed by atoms with Crippen molar-refractivity contribution in [1.29, 1.82) is 0 Å². The van der Waals surface area contributed by atoms with E-state index in [1.54, 1.807) is 18.5 Å².